The number of aromatic nitrogens is 2. The smallest absolute Gasteiger partial charge is 0.238 e. The number of hydrogen-bond acceptors (Lipinski definition) is 6. The lowest BCUT2D eigenvalue weighted by molar-refractivity contribution is -0.117. The number of methoxy groups -OCH3 is 1. The standard InChI is InChI=1S/C20H25N5O2/c1-27-17-6-4-16(5-7-17)21-20(26)14-24-10-12-25(13-11-24)19-9-8-18(22-23-19)15-2-3-15/h4-9,15H,2-3,10-14H2,1H3,(H,21,26). The van der Waals surface area contributed by atoms with Crippen molar-refractivity contribution in [1.82, 2.24) is 15.1 Å². The Morgan fingerprint density at radius 3 is 2.41 bits per heavy atom. The van der Waals surface area contributed by atoms with E-state index in [-0.39, 0.29) is 5.91 Å². The van der Waals surface area contributed by atoms with Crippen LogP contribution in [-0.2, 0) is 4.79 Å². The number of anilines is 2. The third kappa shape index (κ3) is 4.54. The fraction of sp³-hybridized carbons (Fsp3) is 0.450. The first-order valence-corrected chi connectivity index (χ1v) is 9.46. The maximum Gasteiger partial charge on any atom is 0.238 e. The van der Waals surface area contributed by atoms with Crippen molar-refractivity contribution < 1.29 is 9.53 Å². The Morgan fingerprint density at radius 1 is 1.07 bits per heavy atom. The second-order valence-electron chi connectivity index (χ2n) is 7.13. The van der Waals surface area contributed by atoms with Crippen LogP contribution in [0.2, 0.25) is 0 Å². The molecule has 4 rings (SSSR count). The topological polar surface area (TPSA) is 70.6 Å². The van der Waals surface area contributed by atoms with E-state index in [4.69, 9.17) is 4.74 Å². The van der Waals surface area contributed by atoms with Crippen LogP contribution in [0.4, 0.5) is 11.5 Å². The summed E-state index contributed by atoms with van der Waals surface area (Å²) in [4.78, 5) is 16.7. The largest absolute Gasteiger partial charge is 0.497 e. The molecule has 1 saturated carbocycles. The molecule has 0 radical (unpaired) electrons. The van der Waals surface area contributed by atoms with Crippen LogP contribution in [0.1, 0.15) is 24.5 Å². The molecule has 2 aliphatic rings. The molecule has 2 aromatic rings. The van der Waals surface area contributed by atoms with Gasteiger partial charge in [0.2, 0.25) is 5.91 Å². The first-order chi connectivity index (χ1) is 13.2. The predicted molar refractivity (Wildman–Crippen MR) is 104 cm³/mol. The summed E-state index contributed by atoms with van der Waals surface area (Å²) in [7, 11) is 1.63. The van der Waals surface area contributed by atoms with Gasteiger partial charge in [-0.1, -0.05) is 0 Å². The second-order valence-corrected chi connectivity index (χ2v) is 7.13. The van der Waals surface area contributed by atoms with Crippen molar-refractivity contribution >= 4 is 17.4 Å². The van der Waals surface area contributed by atoms with E-state index in [9.17, 15) is 4.79 Å². The van der Waals surface area contributed by atoms with Crippen LogP contribution in [0.3, 0.4) is 0 Å². The molecule has 1 saturated heterocycles. The van der Waals surface area contributed by atoms with E-state index in [1.54, 1.807) is 7.11 Å². The van der Waals surface area contributed by atoms with Gasteiger partial charge in [0.05, 0.1) is 19.3 Å². The fourth-order valence-electron chi connectivity index (χ4n) is 3.31. The third-order valence-electron chi connectivity index (χ3n) is 5.10. The van der Waals surface area contributed by atoms with E-state index in [0.29, 0.717) is 12.5 Å². The number of amides is 1. The van der Waals surface area contributed by atoms with Crippen molar-refractivity contribution in [1.29, 1.82) is 0 Å². The van der Waals surface area contributed by atoms with Gasteiger partial charge in [-0.15, -0.1) is 5.10 Å². The minimum absolute atomic E-state index is 0.00203. The third-order valence-corrected chi connectivity index (χ3v) is 5.10. The Morgan fingerprint density at radius 2 is 1.81 bits per heavy atom. The molecule has 0 unspecified atom stereocenters. The van der Waals surface area contributed by atoms with Crippen molar-refractivity contribution in [3.8, 4) is 5.75 Å². The number of nitrogens with one attached hydrogen (secondary N) is 1. The highest BCUT2D eigenvalue weighted by Crippen LogP contribution is 2.38. The molecule has 0 bridgehead atoms. The Balaban J connectivity index is 1.24. The van der Waals surface area contributed by atoms with E-state index in [1.165, 1.54) is 12.8 Å². The Labute approximate surface area is 159 Å². The number of carbonyl (C=O) groups is 1. The van der Waals surface area contributed by atoms with Gasteiger partial charge in [-0.2, -0.15) is 5.10 Å². The van der Waals surface area contributed by atoms with Crippen molar-refractivity contribution in [2.75, 3.05) is 50.1 Å². The van der Waals surface area contributed by atoms with Gasteiger partial charge in [-0.25, -0.2) is 0 Å². The predicted octanol–water partition coefficient (Wildman–Crippen LogP) is 2.12. The van der Waals surface area contributed by atoms with Crippen LogP contribution in [0.5, 0.6) is 5.75 Å². The van der Waals surface area contributed by atoms with Crippen molar-refractivity contribution in [2.24, 2.45) is 0 Å². The zero-order valence-corrected chi connectivity index (χ0v) is 15.6. The van der Waals surface area contributed by atoms with Gasteiger partial charge in [0.25, 0.3) is 0 Å². The van der Waals surface area contributed by atoms with E-state index >= 15 is 0 Å². The van der Waals surface area contributed by atoms with Crippen LogP contribution in [0.25, 0.3) is 0 Å². The molecule has 1 N–H and O–H groups in total. The number of piperazine rings is 1. The average Bonchev–Trinajstić information content (AvgIpc) is 3.55. The average molecular weight is 367 g/mol. The summed E-state index contributed by atoms with van der Waals surface area (Å²) in [5, 5.41) is 11.7. The van der Waals surface area contributed by atoms with Gasteiger partial charge in [-0.05, 0) is 49.2 Å². The first kappa shape index (κ1) is 17.7. The number of nitrogens with zero attached hydrogens (tertiary/aromatic N) is 4. The molecule has 1 amide bonds. The highest BCUT2D eigenvalue weighted by Gasteiger charge is 2.26. The van der Waals surface area contributed by atoms with Gasteiger partial charge < -0.3 is 15.0 Å². The molecule has 7 heteroatoms. The van der Waals surface area contributed by atoms with Crippen molar-refractivity contribution in [3.05, 3.63) is 42.1 Å². The Hall–Kier alpha value is -2.67. The molecule has 27 heavy (non-hydrogen) atoms. The number of rotatable bonds is 6. The van der Waals surface area contributed by atoms with Gasteiger partial charge in [0.15, 0.2) is 5.82 Å². The minimum atomic E-state index is 0.00203. The van der Waals surface area contributed by atoms with E-state index < -0.39 is 0 Å². The highest BCUT2D eigenvalue weighted by molar-refractivity contribution is 5.92. The first-order valence-electron chi connectivity index (χ1n) is 9.46. The lowest BCUT2D eigenvalue weighted by atomic mass is 10.2. The van der Waals surface area contributed by atoms with Gasteiger partial charge in [-0.3, -0.25) is 9.69 Å². The molecular weight excluding hydrogens is 342 g/mol. The van der Waals surface area contributed by atoms with Crippen LogP contribution in [-0.4, -0.2) is 60.8 Å². The summed E-state index contributed by atoms with van der Waals surface area (Å²) in [6.45, 7) is 3.77. The molecule has 0 spiro atoms. The molecule has 1 aliphatic heterocycles. The lowest BCUT2D eigenvalue weighted by Crippen LogP contribution is -2.49. The number of ether oxygens (including phenoxy) is 1. The summed E-state index contributed by atoms with van der Waals surface area (Å²) in [5.74, 6) is 2.34. The Kier molecular flexibility index (Phi) is 5.20. The molecule has 142 valence electrons. The Bertz CT molecular complexity index is 766. The highest BCUT2D eigenvalue weighted by atomic mass is 16.5. The molecule has 1 aromatic carbocycles. The van der Waals surface area contributed by atoms with Crippen LogP contribution >= 0.6 is 0 Å². The van der Waals surface area contributed by atoms with Crippen molar-refractivity contribution in [2.45, 2.75) is 18.8 Å². The maximum atomic E-state index is 12.3. The van der Waals surface area contributed by atoms with E-state index in [1.807, 2.05) is 24.3 Å². The molecule has 1 aromatic heterocycles. The van der Waals surface area contributed by atoms with Crippen LogP contribution in [0.15, 0.2) is 36.4 Å². The summed E-state index contributed by atoms with van der Waals surface area (Å²) < 4.78 is 5.13. The molecule has 2 fully saturated rings. The zero-order valence-electron chi connectivity index (χ0n) is 15.6. The fourth-order valence-corrected chi connectivity index (χ4v) is 3.31. The van der Waals surface area contributed by atoms with Crippen molar-refractivity contribution in [3.63, 3.8) is 0 Å². The summed E-state index contributed by atoms with van der Waals surface area (Å²) in [5.41, 5.74) is 1.90. The number of carbonyl (C=O) groups excluding carboxylic acids is 1. The normalized spacial score (nSPS) is 17.6. The number of hydrogen-bond donors (Lipinski definition) is 1. The zero-order chi connectivity index (χ0) is 18.6. The lowest BCUT2D eigenvalue weighted by Gasteiger charge is -2.34. The van der Waals surface area contributed by atoms with E-state index in [0.717, 1.165) is 49.1 Å². The van der Waals surface area contributed by atoms with Gasteiger partial charge in [0.1, 0.15) is 5.75 Å². The van der Waals surface area contributed by atoms with Crippen LogP contribution < -0.4 is 15.0 Å². The molecule has 2 heterocycles. The SMILES string of the molecule is COc1ccc(NC(=O)CN2CCN(c3ccc(C4CC4)nn3)CC2)cc1. The number of benzene rings is 1. The van der Waals surface area contributed by atoms with Crippen LogP contribution in [0, 0.1) is 0 Å². The molecule has 1 aliphatic carbocycles. The summed E-state index contributed by atoms with van der Waals surface area (Å²) in [6.07, 6.45) is 2.48. The monoisotopic (exact) mass is 367 g/mol. The maximum absolute atomic E-state index is 12.3. The summed E-state index contributed by atoms with van der Waals surface area (Å²) >= 11 is 0. The quantitative estimate of drug-likeness (QED) is 0.843. The van der Waals surface area contributed by atoms with E-state index in [2.05, 4.69) is 37.4 Å². The molecule has 0 atom stereocenters. The summed E-state index contributed by atoms with van der Waals surface area (Å²) in [6, 6.07) is 11.5. The molecular formula is C20H25N5O2. The van der Waals surface area contributed by atoms with Gasteiger partial charge in [0, 0.05) is 37.8 Å². The second kappa shape index (κ2) is 7.92. The van der Waals surface area contributed by atoms with Gasteiger partial charge >= 0.3 is 0 Å². The minimum Gasteiger partial charge on any atom is -0.497 e. The molecule has 7 nitrogen and oxygen atoms in total.